The summed E-state index contributed by atoms with van der Waals surface area (Å²) < 4.78 is 5.67. The number of phenols is 1. The first-order valence-corrected chi connectivity index (χ1v) is 8.08. The van der Waals surface area contributed by atoms with E-state index in [9.17, 15) is 5.11 Å². The van der Waals surface area contributed by atoms with Crippen LogP contribution in [0.5, 0.6) is 11.5 Å². The van der Waals surface area contributed by atoms with Gasteiger partial charge in [0.2, 0.25) is 5.13 Å². The molecule has 0 saturated carbocycles. The number of aromatic nitrogens is 1. The van der Waals surface area contributed by atoms with E-state index in [2.05, 4.69) is 15.5 Å². The van der Waals surface area contributed by atoms with Crippen LogP contribution in [0.1, 0.15) is 11.1 Å². The number of nitrogens with two attached hydrogens (primary N) is 1. The number of nitrogens with one attached hydrogen (secondary N) is 1. The minimum absolute atomic E-state index is 0.0868. The summed E-state index contributed by atoms with van der Waals surface area (Å²) in [5.41, 5.74) is 10.2. The molecule has 2 aromatic carbocycles. The molecule has 0 bridgehead atoms. The Morgan fingerprint density at radius 1 is 1.25 bits per heavy atom. The standard InChI is InChI=1S/C17H16N4O2S/c18-16-11-24-17(20-16)21-19-9-13-6-7-14(22)15(8-13)23-10-12-4-2-1-3-5-12/h1-9,11,22H,10,18H2,(H,20,21). The zero-order valence-corrected chi connectivity index (χ0v) is 13.5. The molecule has 0 fully saturated rings. The lowest BCUT2D eigenvalue weighted by Gasteiger charge is -2.08. The molecule has 4 N–H and O–H groups in total. The zero-order chi connectivity index (χ0) is 16.8. The van der Waals surface area contributed by atoms with Crippen LogP contribution in [0.15, 0.2) is 59.0 Å². The minimum atomic E-state index is 0.0868. The van der Waals surface area contributed by atoms with Crippen LogP contribution in [0.3, 0.4) is 0 Å². The van der Waals surface area contributed by atoms with Crippen molar-refractivity contribution in [2.24, 2.45) is 5.10 Å². The normalized spacial score (nSPS) is 10.8. The quantitative estimate of drug-likeness (QED) is 0.472. The van der Waals surface area contributed by atoms with E-state index in [-0.39, 0.29) is 5.75 Å². The van der Waals surface area contributed by atoms with Gasteiger partial charge in [0, 0.05) is 5.38 Å². The number of anilines is 2. The molecule has 0 saturated heterocycles. The fourth-order valence-electron chi connectivity index (χ4n) is 1.96. The molecule has 0 radical (unpaired) electrons. The van der Waals surface area contributed by atoms with Crippen LogP contribution in [0, 0.1) is 0 Å². The molecule has 122 valence electrons. The average Bonchev–Trinajstić information content (AvgIpc) is 3.01. The van der Waals surface area contributed by atoms with Crippen molar-refractivity contribution in [3.63, 3.8) is 0 Å². The lowest BCUT2D eigenvalue weighted by molar-refractivity contribution is 0.289. The number of thiazole rings is 1. The van der Waals surface area contributed by atoms with Gasteiger partial charge in [-0.3, -0.25) is 5.43 Å². The number of phenolic OH excluding ortho intramolecular Hbond substituents is 1. The van der Waals surface area contributed by atoms with Gasteiger partial charge in [0.05, 0.1) is 6.21 Å². The average molecular weight is 340 g/mol. The monoisotopic (exact) mass is 340 g/mol. The van der Waals surface area contributed by atoms with Gasteiger partial charge in [0.25, 0.3) is 0 Å². The maximum Gasteiger partial charge on any atom is 0.205 e. The Morgan fingerprint density at radius 2 is 2.08 bits per heavy atom. The SMILES string of the molecule is Nc1csc(NN=Cc2ccc(O)c(OCc3ccccc3)c2)n1. The molecule has 7 heteroatoms. The van der Waals surface area contributed by atoms with E-state index in [0.29, 0.717) is 23.3 Å². The Labute approximate surface area is 143 Å². The van der Waals surface area contributed by atoms with Crippen molar-refractivity contribution in [1.82, 2.24) is 4.98 Å². The second kappa shape index (κ2) is 7.47. The van der Waals surface area contributed by atoms with Gasteiger partial charge in [0.1, 0.15) is 12.4 Å². The summed E-state index contributed by atoms with van der Waals surface area (Å²) in [7, 11) is 0. The molecular weight excluding hydrogens is 324 g/mol. The topological polar surface area (TPSA) is 92.8 Å². The third-order valence-corrected chi connectivity index (χ3v) is 3.88. The van der Waals surface area contributed by atoms with Crippen LogP contribution < -0.4 is 15.9 Å². The number of hydrogen-bond acceptors (Lipinski definition) is 7. The molecule has 0 aliphatic carbocycles. The van der Waals surface area contributed by atoms with Gasteiger partial charge in [-0.15, -0.1) is 11.3 Å². The van der Waals surface area contributed by atoms with E-state index in [1.807, 2.05) is 30.3 Å². The summed E-state index contributed by atoms with van der Waals surface area (Å²) in [6, 6.07) is 14.8. The molecule has 0 aliphatic rings. The second-order valence-electron chi connectivity index (χ2n) is 4.95. The van der Waals surface area contributed by atoms with E-state index >= 15 is 0 Å². The summed E-state index contributed by atoms with van der Waals surface area (Å²) in [4.78, 5) is 4.04. The maximum atomic E-state index is 9.91. The van der Waals surface area contributed by atoms with Gasteiger partial charge in [-0.1, -0.05) is 30.3 Å². The van der Waals surface area contributed by atoms with E-state index in [1.54, 1.807) is 29.8 Å². The Balaban J connectivity index is 1.64. The number of hydrogen-bond donors (Lipinski definition) is 3. The fourth-order valence-corrected chi connectivity index (χ4v) is 2.51. The number of benzene rings is 2. The fraction of sp³-hybridized carbons (Fsp3) is 0.0588. The smallest absolute Gasteiger partial charge is 0.205 e. The summed E-state index contributed by atoms with van der Waals surface area (Å²) in [5, 5.41) is 16.4. The van der Waals surface area contributed by atoms with Crippen molar-refractivity contribution in [2.75, 3.05) is 11.2 Å². The van der Waals surface area contributed by atoms with E-state index in [4.69, 9.17) is 10.5 Å². The highest BCUT2D eigenvalue weighted by Crippen LogP contribution is 2.27. The highest BCUT2D eigenvalue weighted by molar-refractivity contribution is 7.14. The highest BCUT2D eigenvalue weighted by atomic mass is 32.1. The molecule has 6 nitrogen and oxygen atoms in total. The Bertz CT molecular complexity index is 834. The Kier molecular flexibility index (Phi) is 4.93. The molecule has 0 spiro atoms. The minimum Gasteiger partial charge on any atom is -0.504 e. The highest BCUT2D eigenvalue weighted by Gasteiger charge is 2.04. The Hall–Kier alpha value is -3.06. The number of rotatable bonds is 6. The summed E-state index contributed by atoms with van der Waals surface area (Å²) in [6.07, 6.45) is 1.62. The predicted molar refractivity (Wildman–Crippen MR) is 96.6 cm³/mol. The first-order chi connectivity index (χ1) is 11.7. The number of aromatic hydroxyl groups is 1. The van der Waals surface area contributed by atoms with Crippen LogP contribution in [0.4, 0.5) is 10.9 Å². The third kappa shape index (κ3) is 4.23. The van der Waals surface area contributed by atoms with Crippen LogP contribution in [-0.2, 0) is 6.61 Å². The van der Waals surface area contributed by atoms with Crippen LogP contribution >= 0.6 is 11.3 Å². The third-order valence-electron chi connectivity index (χ3n) is 3.12. The van der Waals surface area contributed by atoms with Crippen molar-refractivity contribution in [3.05, 3.63) is 65.0 Å². The van der Waals surface area contributed by atoms with Crippen molar-refractivity contribution < 1.29 is 9.84 Å². The molecule has 3 aromatic rings. The summed E-state index contributed by atoms with van der Waals surface area (Å²) in [5.74, 6) is 0.948. The lowest BCUT2D eigenvalue weighted by Crippen LogP contribution is -1.96. The second-order valence-corrected chi connectivity index (χ2v) is 5.81. The Morgan fingerprint density at radius 3 is 2.83 bits per heavy atom. The van der Waals surface area contributed by atoms with E-state index < -0.39 is 0 Å². The van der Waals surface area contributed by atoms with Crippen LogP contribution in [-0.4, -0.2) is 16.3 Å². The first-order valence-electron chi connectivity index (χ1n) is 7.20. The van der Waals surface area contributed by atoms with Gasteiger partial charge in [-0.25, -0.2) is 4.98 Å². The molecule has 0 aliphatic heterocycles. The predicted octanol–water partition coefficient (Wildman–Crippen LogP) is 3.46. The van der Waals surface area contributed by atoms with Gasteiger partial charge in [-0.05, 0) is 29.3 Å². The molecule has 3 rings (SSSR count). The number of nitrogen functional groups attached to an aromatic ring is 1. The van der Waals surface area contributed by atoms with Gasteiger partial charge in [0.15, 0.2) is 11.5 Å². The van der Waals surface area contributed by atoms with Crippen LogP contribution in [0.25, 0.3) is 0 Å². The molecular formula is C17H16N4O2S. The summed E-state index contributed by atoms with van der Waals surface area (Å²) >= 11 is 1.37. The number of hydrazone groups is 1. The van der Waals surface area contributed by atoms with Crippen molar-refractivity contribution in [3.8, 4) is 11.5 Å². The lowest BCUT2D eigenvalue weighted by atomic mass is 10.2. The molecule has 0 atom stereocenters. The number of ether oxygens (including phenoxy) is 1. The maximum absolute atomic E-state index is 9.91. The first kappa shape index (κ1) is 15.8. The zero-order valence-electron chi connectivity index (χ0n) is 12.7. The number of nitrogens with zero attached hydrogens (tertiary/aromatic N) is 2. The molecule has 1 aromatic heterocycles. The molecule has 24 heavy (non-hydrogen) atoms. The van der Waals surface area contributed by atoms with Crippen LogP contribution in [0.2, 0.25) is 0 Å². The summed E-state index contributed by atoms with van der Waals surface area (Å²) in [6.45, 7) is 0.381. The van der Waals surface area contributed by atoms with Gasteiger partial charge < -0.3 is 15.6 Å². The van der Waals surface area contributed by atoms with E-state index in [0.717, 1.165) is 11.1 Å². The molecule has 1 heterocycles. The van der Waals surface area contributed by atoms with Gasteiger partial charge in [-0.2, -0.15) is 5.10 Å². The largest absolute Gasteiger partial charge is 0.504 e. The van der Waals surface area contributed by atoms with Crippen molar-refractivity contribution >= 4 is 28.5 Å². The van der Waals surface area contributed by atoms with E-state index in [1.165, 1.54) is 11.3 Å². The van der Waals surface area contributed by atoms with Gasteiger partial charge >= 0.3 is 0 Å². The molecule has 0 unspecified atom stereocenters. The van der Waals surface area contributed by atoms with Crippen molar-refractivity contribution in [2.45, 2.75) is 6.61 Å². The molecule has 0 amide bonds. The van der Waals surface area contributed by atoms with Crippen molar-refractivity contribution in [1.29, 1.82) is 0 Å².